The third kappa shape index (κ3) is 2.37. The second kappa shape index (κ2) is 4.97. The maximum Gasteiger partial charge on any atom is 0.358 e. The summed E-state index contributed by atoms with van der Waals surface area (Å²) < 4.78 is 3.58. The summed E-state index contributed by atoms with van der Waals surface area (Å²) in [5.41, 5.74) is 1.03. The molecule has 0 bridgehead atoms. The van der Waals surface area contributed by atoms with Crippen LogP contribution in [0.15, 0.2) is 36.7 Å². The van der Waals surface area contributed by atoms with E-state index in [1.807, 2.05) is 30.5 Å². The Bertz CT molecular complexity index is 778. The summed E-state index contributed by atoms with van der Waals surface area (Å²) in [6.07, 6.45) is 3.39. The standard InChI is InChI=1S/C13H11ClN4O2/c14-10-1-2-12-9(7-10)3-4-17(12)5-6-18-8-11(13(19)20)15-16-18/h1-4,7-8H,5-6H2,(H,19,20). The number of benzene rings is 1. The Kier molecular flexibility index (Phi) is 3.15. The van der Waals surface area contributed by atoms with Crippen molar-refractivity contribution >= 4 is 28.5 Å². The van der Waals surface area contributed by atoms with Gasteiger partial charge in [0.2, 0.25) is 0 Å². The van der Waals surface area contributed by atoms with Gasteiger partial charge < -0.3 is 9.67 Å². The Morgan fingerprint density at radius 3 is 2.90 bits per heavy atom. The molecule has 2 heterocycles. The fourth-order valence-corrected chi connectivity index (χ4v) is 2.26. The number of rotatable bonds is 4. The van der Waals surface area contributed by atoms with E-state index in [4.69, 9.17) is 16.7 Å². The summed E-state index contributed by atoms with van der Waals surface area (Å²) in [6.45, 7) is 1.22. The number of carbonyl (C=O) groups is 1. The lowest BCUT2D eigenvalue weighted by atomic mass is 10.2. The fourth-order valence-electron chi connectivity index (χ4n) is 2.08. The molecule has 3 aromatic rings. The Balaban J connectivity index is 1.77. The molecule has 6 nitrogen and oxygen atoms in total. The Morgan fingerprint density at radius 2 is 2.15 bits per heavy atom. The van der Waals surface area contributed by atoms with Crippen molar-refractivity contribution in [2.24, 2.45) is 0 Å². The van der Waals surface area contributed by atoms with E-state index in [-0.39, 0.29) is 5.69 Å². The first-order valence-electron chi connectivity index (χ1n) is 6.01. The highest BCUT2D eigenvalue weighted by Gasteiger charge is 2.08. The van der Waals surface area contributed by atoms with Gasteiger partial charge in [-0.15, -0.1) is 5.10 Å². The lowest BCUT2D eigenvalue weighted by Crippen LogP contribution is -2.07. The SMILES string of the molecule is O=C(O)c1cn(CCn2ccc3cc(Cl)ccc32)nn1. The van der Waals surface area contributed by atoms with Gasteiger partial charge in [-0.05, 0) is 24.3 Å². The largest absolute Gasteiger partial charge is 0.476 e. The number of carboxylic acids is 1. The summed E-state index contributed by atoms with van der Waals surface area (Å²) in [6, 6.07) is 7.71. The number of fused-ring (bicyclic) bond motifs is 1. The van der Waals surface area contributed by atoms with Crippen LogP contribution in [0.25, 0.3) is 10.9 Å². The normalized spacial score (nSPS) is 11.1. The van der Waals surface area contributed by atoms with Crippen molar-refractivity contribution in [2.45, 2.75) is 13.1 Å². The molecule has 0 radical (unpaired) electrons. The van der Waals surface area contributed by atoms with E-state index in [0.29, 0.717) is 18.1 Å². The average molecular weight is 291 g/mol. The van der Waals surface area contributed by atoms with Crippen molar-refractivity contribution in [1.82, 2.24) is 19.6 Å². The number of aryl methyl sites for hydroxylation is 2. The second-order valence-electron chi connectivity index (χ2n) is 4.38. The number of aromatic nitrogens is 4. The number of halogens is 1. The van der Waals surface area contributed by atoms with Crippen molar-refractivity contribution in [3.63, 3.8) is 0 Å². The fraction of sp³-hybridized carbons (Fsp3) is 0.154. The zero-order chi connectivity index (χ0) is 14.1. The summed E-state index contributed by atoms with van der Waals surface area (Å²) >= 11 is 5.95. The van der Waals surface area contributed by atoms with Crippen molar-refractivity contribution in [2.75, 3.05) is 0 Å². The molecular weight excluding hydrogens is 280 g/mol. The van der Waals surface area contributed by atoms with Gasteiger partial charge in [-0.3, -0.25) is 0 Å². The lowest BCUT2D eigenvalue weighted by molar-refractivity contribution is 0.0690. The average Bonchev–Trinajstić information content (AvgIpc) is 3.02. The molecule has 7 heteroatoms. The smallest absolute Gasteiger partial charge is 0.358 e. The zero-order valence-electron chi connectivity index (χ0n) is 10.4. The molecule has 0 spiro atoms. The van der Waals surface area contributed by atoms with Crippen LogP contribution in [-0.4, -0.2) is 30.6 Å². The molecule has 0 unspecified atom stereocenters. The van der Waals surface area contributed by atoms with E-state index in [1.54, 1.807) is 0 Å². The molecule has 0 atom stereocenters. The van der Waals surface area contributed by atoms with Crippen molar-refractivity contribution < 1.29 is 9.90 Å². The van der Waals surface area contributed by atoms with E-state index >= 15 is 0 Å². The first-order chi connectivity index (χ1) is 9.63. The minimum absolute atomic E-state index is 0.0471. The predicted molar refractivity (Wildman–Crippen MR) is 73.9 cm³/mol. The molecule has 2 aromatic heterocycles. The zero-order valence-corrected chi connectivity index (χ0v) is 11.2. The number of aromatic carboxylic acids is 1. The Labute approximate surface area is 119 Å². The van der Waals surface area contributed by atoms with Crippen molar-refractivity contribution in [3.05, 3.63) is 47.4 Å². The summed E-state index contributed by atoms with van der Waals surface area (Å²) in [7, 11) is 0. The molecule has 0 aliphatic rings. The quantitative estimate of drug-likeness (QED) is 0.800. The van der Waals surface area contributed by atoms with Crippen molar-refractivity contribution in [3.8, 4) is 0 Å². The van der Waals surface area contributed by atoms with Crippen LogP contribution in [0.2, 0.25) is 5.02 Å². The first kappa shape index (κ1) is 12.7. The molecule has 0 saturated carbocycles. The minimum atomic E-state index is -1.07. The van der Waals surface area contributed by atoms with E-state index < -0.39 is 5.97 Å². The molecular formula is C13H11ClN4O2. The third-order valence-electron chi connectivity index (χ3n) is 3.06. The van der Waals surface area contributed by atoms with Crippen LogP contribution in [-0.2, 0) is 13.1 Å². The van der Waals surface area contributed by atoms with E-state index in [9.17, 15) is 4.79 Å². The second-order valence-corrected chi connectivity index (χ2v) is 4.82. The number of nitrogens with zero attached hydrogens (tertiary/aromatic N) is 4. The molecule has 0 aliphatic heterocycles. The molecule has 0 aliphatic carbocycles. The van der Waals surface area contributed by atoms with E-state index in [1.165, 1.54) is 10.9 Å². The Morgan fingerprint density at radius 1 is 1.30 bits per heavy atom. The van der Waals surface area contributed by atoms with Crippen LogP contribution in [0.1, 0.15) is 10.5 Å². The molecule has 102 valence electrons. The summed E-state index contributed by atoms with van der Waals surface area (Å²) in [4.78, 5) is 10.7. The van der Waals surface area contributed by atoms with Gasteiger partial charge in [0.15, 0.2) is 5.69 Å². The van der Waals surface area contributed by atoms with Crippen molar-refractivity contribution in [1.29, 1.82) is 0 Å². The molecule has 1 N–H and O–H groups in total. The highest BCUT2D eigenvalue weighted by Crippen LogP contribution is 2.20. The van der Waals surface area contributed by atoms with Gasteiger partial charge in [-0.2, -0.15) is 0 Å². The minimum Gasteiger partial charge on any atom is -0.476 e. The van der Waals surface area contributed by atoms with E-state index in [2.05, 4.69) is 14.9 Å². The topological polar surface area (TPSA) is 72.9 Å². The van der Waals surface area contributed by atoms with Gasteiger partial charge in [-0.1, -0.05) is 16.8 Å². The lowest BCUT2D eigenvalue weighted by Gasteiger charge is -2.05. The molecule has 0 saturated heterocycles. The third-order valence-corrected chi connectivity index (χ3v) is 3.30. The van der Waals surface area contributed by atoms with Gasteiger partial charge >= 0.3 is 5.97 Å². The highest BCUT2D eigenvalue weighted by atomic mass is 35.5. The maximum absolute atomic E-state index is 10.7. The van der Waals surface area contributed by atoms with Gasteiger partial charge in [-0.25, -0.2) is 9.48 Å². The first-order valence-corrected chi connectivity index (χ1v) is 6.39. The van der Waals surface area contributed by atoms with Gasteiger partial charge in [0, 0.05) is 28.7 Å². The van der Waals surface area contributed by atoms with Gasteiger partial charge in [0.25, 0.3) is 0 Å². The maximum atomic E-state index is 10.7. The Hall–Kier alpha value is -2.34. The van der Waals surface area contributed by atoms with Crippen LogP contribution < -0.4 is 0 Å². The molecule has 0 amide bonds. The van der Waals surface area contributed by atoms with Gasteiger partial charge in [0.1, 0.15) is 0 Å². The molecule has 1 aromatic carbocycles. The highest BCUT2D eigenvalue weighted by molar-refractivity contribution is 6.31. The van der Waals surface area contributed by atoms with Crippen LogP contribution in [0.4, 0.5) is 0 Å². The van der Waals surface area contributed by atoms with Crippen LogP contribution in [0, 0.1) is 0 Å². The number of hydrogen-bond donors (Lipinski definition) is 1. The monoisotopic (exact) mass is 290 g/mol. The van der Waals surface area contributed by atoms with Crippen LogP contribution in [0.3, 0.4) is 0 Å². The molecule has 0 fully saturated rings. The summed E-state index contributed by atoms with van der Waals surface area (Å²) in [5.74, 6) is -1.07. The molecule has 20 heavy (non-hydrogen) atoms. The van der Waals surface area contributed by atoms with E-state index in [0.717, 1.165) is 10.9 Å². The van der Waals surface area contributed by atoms with Crippen LogP contribution >= 0.6 is 11.6 Å². The van der Waals surface area contributed by atoms with Gasteiger partial charge in [0.05, 0.1) is 12.7 Å². The summed E-state index contributed by atoms with van der Waals surface area (Å²) in [5, 5.41) is 17.9. The number of hydrogen-bond acceptors (Lipinski definition) is 3. The van der Waals surface area contributed by atoms with Crippen LogP contribution in [0.5, 0.6) is 0 Å². The number of carboxylic acid groups (broad SMARTS) is 1. The molecule has 3 rings (SSSR count). The predicted octanol–water partition coefficient (Wildman–Crippen LogP) is 2.28.